The molecule has 3 rings (SSSR count). The molecule has 30 heavy (non-hydrogen) atoms. The van der Waals surface area contributed by atoms with E-state index in [9.17, 15) is 4.79 Å². The summed E-state index contributed by atoms with van der Waals surface area (Å²) in [5, 5.41) is 4.93. The summed E-state index contributed by atoms with van der Waals surface area (Å²) in [7, 11) is 2.17. The van der Waals surface area contributed by atoms with Gasteiger partial charge in [-0.3, -0.25) is 4.79 Å². The molecule has 0 N–H and O–H groups in total. The van der Waals surface area contributed by atoms with Gasteiger partial charge in [0.25, 0.3) is 0 Å². The second-order valence-electron chi connectivity index (χ2n) is 9.19. The van der Waals surface area contributed by atoms with Crippen molar-refractivity contribution in [3.8, 4) is 5.69 Å². The Morgan fingerprint density at radius 1 is 1.07 bits per heavy atom. The van der Waals surface area contributed by atoms with E-state index in [1.165, 1.54) is 0 Å². The van der Waals surface area contributed by atoms with Gasteiger partial charge >= 0.3 is 0 Å². The van der Waals surface area contributed by atoms with E-state index in [1.807, 2.05) is 36.9 Å². The van der Waals surface area contributed by atoms with Crippen LogP contribution in [0, 0.1) is 18.8 Å². The van der Waals surface area contributed by atoms with Gasteiger partial charge in [-0.2, -0.15) is 5.10 Å². The molecule has 0 saturated carbocycles. The Morgan fingerprint density at radius 3 is 2.27 bits per heavy atom. The van der Waals surface area contributed by atoms with Crippen molar-refractivity contribution in [1.82, 2.24) is 19.6 Å². The zero-order chi connectivity index (χ0) is 21.8. The van der Waals surface area contributed by atoms with E-state index in [1.54, 1.807) is 0 Å². The number of aromatic nitrogens is 2. The molecule has 0 spiro atoms. The van der Waals surface area contributed by atoms with Gasteiger partial charge in [0.15, 0.2) is 0 Å². The van der Waals surface area contributed by atoms with Gasteiger partial charge in [0.1, 0.15) is 5.82 Å². The molecule has 0 atom stereocenters. The number of benzene rings is 1. The normalized spacial score (nSPS) is 15.3. The van der Waals surface area contributed by atoms with Crippen molar-refractivity contribution < 1.29 is 4.79 Å². The van der Waals surface area contributed by atoms with Crippen molar-refractivity contribution >= 4 is 11.7 Å². The number of rotatable bonds is 7. The third-order valence-corrected chi connectivity index (χ3v) is 5.70. The van der Waals surface area contributed by atoms with Gasteiger partial charge < -0.3 is 14.7 Å². The van der Waals surface area contributed by atoms with Crippen LogP contribution in [0.4, 0.5) is 5.82 Å². The van der Waals surface area contributed by atoms with Crippen molar-refractivity contribution in [3.05, 3.63) is 41.6 Å². The molecule has 1 saturated heterocycles. The molecule has 1 fully saturated rings. The van der Waals surface area contributed by atoms with Crippen LogP contribution < -0.4 is 4.90 Å². The monoisotopic (exact) mass is 411 g/mol. The van der Waals surface area contributed by atoms with Gasteiger partial charge in [-0.25, -0.2) is 4.68 Å². The predicted molar refractivity (Wildman–Crippen MR) is 123 cm³/mol. The maximum Gasteiger partial charge on any atom is 0.225 e. The summed E-state index contributed by atoms with van der Waals surface area (Å²) >= 11 is 0. The van der Waals surface area contributed by atoms with Crippen LogP contribution in [-0.2, 0) is 11.3 Å². The van der Waals surface area contributed by atoms with Gasteiger partial charge in [-0.15, -0.1) is 0 Å². The Bertz CT molecular complexity index is 835. The third-order valence-electron chi connectivity index (χ3n) is 5.70. The summed E-state index contributed by atoms with van der Waals surface area (Å²) in [6.45, 7) is 15.7. The Kier molecular flexibility index (Phi) is 7.19. The first-order valence-electron chi connectivity index (χ1n) is 11.1. The highest BCUT2D eigenvalue weighted by atomic mass is 16.2. The van der Waals surface area contributed by atoms with Crippen LogP contribution in [0.15, 0.2) is 30.3 Å². The van der Waals surface area contributed by atoms with E-state index in [-0.39, 0.29) is 11.8 Å². The van der Waals surface area contributed by atoms with Gasteiger partial charge in [0.2, 0.25) is 5.91 Å². The molecule has 6 nitrogen and oxygen atoms in total. The first-order chi connectivity index (χ1) is 14.3. The molecular weight excluding hydrogens is 374 g/mol. The van der Waals surface area contributed by atoms with Crippen LogP contribution in [0.1, 0.15) is 39.0 Å². The molecule has 6 heteroatoms. The smallest absolute Gasteiger partial charge is 0.225 e. The fraction of sp³-hybridized carbons (Fsp3) is 0.583. The number of para-hydroxylation sites is 1. The highest BCUT2D eigenvalue weighted by Crippen LogP contribution is 2.30. The van der Waals surface area contributed by atoms with Gasteiger partial charge in [-0.1, -0.05) is 45.9 Å². The Balaban J connectivity index is 2.04. The first kappa shape index (κ1) is 22.3. The molecular formula is C24H37N5O. The SMILES string of the molecule is Cc1nn(-c2ccccc2)c(N2CCN(C)CC2)c1CN(CC(C)C)C(=O)C(C)C. The molecule has 2 aromatic rings. The van der Waals surface area contributed by atoms with Gasteiger partial charge in [0, 0.05) is 44.2 Å². The van der Waals surface area contributed by atoms with Crippen LogP contribution in [0.2, 0.25) is 0 Å². The molecule has 1 aliphatic rings. The van der Waals surface area contributed by atoms with Crippen LogP contribution in [0.3, 0.4) is 0 Å². The lowest BCUT2D eigenvalue weighted by molar-refractivity contribution is -0.135. The second kappa shape index (κ2) is 9.65. The van der Waals surface area contributed by atoms with Crippen molar-refractivity contribution in [3.63, 3.8) is 0 Å². The second-order valence-corrected chi connectivity index (χ2v) is 9.19. The van der Waals surface area contributed by atoms with Crippen molar-refractivity contribution in [1.29, 1.82) is 0 Å². The van der Waals surface area contributed by atoms with Crippen molar-refractivity contribution in [2.45, 2.75) is 41.2 Å². The molecule has 2 heterocycles. The quantitative estimate of drug-likeness (QED) is 0.699. The molecule has 0 unspecified atom stereocenters. The minimum absolute atomic E-state index is 0.0136. The molecule has 0 bridgehead atoms. The number of amides is 1. The number of carbonyl (C=O) groups excluding carboxylic acids is 1. The third kappa shape index (κ3) is 5.04. The number of hydrogen-bond acceptors (Lipinski definition) is 4. The lowest BCUT2D eigenvalue weighted by Gasteiger charge is -2.35. The largest absolute Gasteiger partial charge is 0.354 e. The lowest BCUT2D eigenvalue weighted by Crippen LogP contribution is -2.46. The van der Waals surface area contributed by atoms with E-state index >= 15 is 0 Å². The Labute approximate surface area is 181 Å². The standard InChI is InChI=1S/C24H37N5O/c1-18(2)16-28(24(30)19(3)4)17-22-20(5)25-29(21-10-8-7-9-11-21)23(22)27-14-12-26(6)13-15-27/h7-11,18-19H,12-17H2,1-6H3. The van der Waals surface area contributed by atoms with Crippen LogP contribution in [0.5, 0.6) is 0 Å². The Morgan fingerprint density at radius 2 is 1.70 bits per heavy atom. The summed E-state index contributed by atoms with van der Waals surface area (Å²) in [5.41, 5.74) is 3.22. The highest BCUT2D eigenvalue weighted by molar-refractivity contribution is 5.78. The number of nitrogens with zero attached hydrogens (tertiary/aromatic N) is 5. The number of hydrogen-bond donors (Lipinski definition) is 0. The predicted octanol–water partition coefficient (Wildman–Crippen LogP) is 3.57. The number of anilines is 1. The van der Waals surface area contributed by atoms with Crippen molar-refractivity contribution in [2.24, 2.45) is 11.8 Å². The number of carbonyl (C=O) groups is 1. The average Bonchev–Trinajstić information content (AvgIpc) is 3.04. The van der Waals surface area contributed by atoms with Crippen LogP contribution in [-0.4, -0.2) is 65.3 Å². The maximum atomic E-state index is 13.0. The molecule has 1 aromatic carbocycles. The molecule has 164 valence electrons. The summed E-state index contributed by atoms with van der Waals surface area (Å²) in [6.07, 6.45) is 0. The molecule has 1 aliphatic heterocycles. The molecule has 1 amide bonds. The van der Waals surface area contributed by atoms with E-state index in [4.69, 9.17) is 5.10 Å². The fourth-order valence-electron chi connectivity index (χ4n) is 4.05. The number of aryl methyl sites for hydroxylation is 1. The van der Waals surface area contributed by atoms with E-state index in [0.29, 0.717) is 12.5 Å². The number of piperazine rings is 1. The average molecular weight is 412 g/mol. The van der Waals surface area contributed by atoms with Gasteiger partial charge in [-0.05, 0) is 32.0 Å². The van der Waals surface area contributed by atoms with Crippen LogP contribution in [0.25, 0.3) is 5.69 Å². The Hall–Kier alpha value is -2.34. The highest BCUT2D eigenvalue weighted by Gasteiger charge is 2.28. The van der Waals surface area contributed by atoms with Crippen molar-refractivity contribution in [2.75, 3.05) is 44.7 Å². The minimum Gasteiger partial charge on any atom is -0.354 e. The minimum atomic E-state index is -0.0136. The zero-order valence-corrected chi connectivity index (χ0v) is 19.4. The number of likely N-dealkylation sites (N-methyl/N-ethyl adjacent to an activating group) is 1. The van der Waals surface area contributed by atoms with E-state index in [2.05, 4.69) is 54.4 Å². The molecule has 0 radical (unpaired) electrons. The van der Waals surface area contributed by atoms with Crippen LogP contribution >= 0.6 is 0 Å². The lowest BCUT2D eigenvalue weighted by atomic mass is 10.1. The van der Waals surface area contributed by atoms with E-state index in [0.717, 1.165) is 55.5 Å². The summed E-state index contributed by atoms with van der Waals surface area (Å²) < 4.78 is 2.07. The summed E-state index contributed by atoms with van der Waals surface area (Å²) in [6, 6.07) is 10.3. The molecule has 0 aliphatic carbocycles. The van der Waals surface area contributed by atoms with E-state index < -0.39 is 0 Å². The van der Waals surface area contributed by atoms with Gasteiger partial charge in [0.05, 0.1) is 17.9 Å². The first-order valence-corrected chi connectivity index (χ1v) is 11.1. The maximum absolute atomic E-state index is 13.0. The molecule has 1 aromatic heterocycles. The summed E-state index contributed by atoms with van der Waals surface area (Å²) in [5.74, 6) is 1.75. The topological polar surface area (TPSA) is 44.6 Å². The fourth-order valence-corrected chi connectivity index (χ4v) is 4.05. The summed E-state index contributed by atoms with van der Waals surface area (Å²) in [4.78, 5) is 19.8. The zero-order valence-electron chi connectivity index (χ0n) is 19.4.